The summed E-state index contributed by atoms with van der Waals surface area (Å²) in [5.41, 5.74) is 7.71. The van der Waals surface area contributed by atoms with Gasteiger partial charge in [0, 0.05) is 18.8 Å². The second-order valence-corrected chi connectivity index (χ2v) is 4.60. The van der Waals surface area contributed by atoms with E-state index in [1.165, 1.54) is 5.56 Å². The van der Waals surface area contributed by atoms with Gasteiger partial charge in [0.1, 0.15) is 6.04 Å². The van der Waals surface area contributed by atoms with Gasteiger partial charge in [-0.3, -0.25) is 4.79 Å². The molecule has 5 heteroatoms. The summed E-state index contributed by atoms with van der Waals surface area (Å²) in [5, 5.41) is 3.31. The molecule has 2 rings (SSSR count). The van der Waals surface area contributed by atoms with Crippen LogP contribution in [0.5, 0.6) is 0 Å². The predicted octanol–water partition coefficient (Wildman–Crippen LogP) is 0.487. The molecule has 19 heavy (non-hydrogen) atoms. The number of amides is 1. The molecule has 1 fully saturated rings. The molecule has 1 amide bonds. The number of nitrogens with zero attached hydrogens (tertiary/aromatic N) is 1. The van der Waals surface area contributed by atoms with Gasteiger partial charge >= 0.3 is 0 Å². The molecule has 0 spiro atoms. The number of morpholine rings is 1. The monoisotopic (exact) mass is 263 g/mol. The van der Waals surface area contributed by atoms with Crippen molar-refractivity contribution in [2.45, 2.75) is 19.5 Å². The van der Waals surface area contributed by atoms with Gasteiger partial charge < -0.3 is 20.7 Å². The molecule has 0 radical (unpaired) electrons. The van der Waals surface area contributed by atoms with Crippen LogP contribution < -0.4 is 16.0 Å². The Morgan fingerprint density at radius 1 is 1.53 bits per heavy atom. The quantitative estimate of drug-likeness (QED) is 0.811. The molecular formula is C14H21N3O2. The lowest BCUT2D eigenvalue weighted by molar-refractivity contribution is -0.121. The number of ether oxygens (including phenoxy) is 1. The highest BCUT2D eigenvalue weighted by Crippen LogP contribution is 2.24. The van der Waals surface area contributed by atoms with Crippen LogP contribution >= 0.6 is 0 Å². The standard InChI is InChI=1S/C14H21N3O2/c1-2-16-9-11-5-3-4-6-12(11)17-7-8-19-10-13(17)14(15)18/h3-6,13,16H,2,7-10H2,1H3,(H2,15,18). The Kier molecular flexibility index (Phi) is 4.76. The Hall–Kier alpha value is -1.59. The number of hydrogen-bond acceptors (Lipinski definition) is 4. The number of nitrogens with one attached hydrogen (secondary N) is 1. The molecule has 0 bridgehead atoms. The molecule has 1 saturated heterocycles. The van der Waals surface area contributed by atoms with Crippen molar-refractivity contribution in [1.82, 2.24) is 5.32 Å². The maximum Gasteiger partial charge on any atom is 0.242 e. The van der Waals surface area contributed by atoms with E-state index in [-0.39, 0.29) is 11.9 Å². The molecule has 104 valence electrons. The summed E-state index contributed by atoms with van der Waals surface area (Å²) >= 11 is 0. The molecule has 0 aromatic heterocycles. The lowest BCUT2D eigenvalue weighted by atomic mass is 10.1. The number of rotatable bonds is 5. The second kappa shape index (κ2) is 6.54. The summed E-state index contributed by atoms with van der Waals surface area (Å²) in [7, 11) is 0. The zero-order chi connectivity index (χ0) is 13.7. The molecule has 1 atom stereocenters. The van der Waals surface area contributed by atoms with E-state index in [0.29, 0.717) is 19.8 Å². The van der Waals surface area contributed by atoms with Crippen molar-refractivity contribution >= 4 is 11.6 Å². The zero-order valence-electron chi connectivity index (χ0n) is 11.3. The summed E-state index contributed by atoms with van der Waals surface area (Å²) in [6.45, 7) is 5.46. The van der Waals surface area contributed by atoms with Crippen LogP contribution in [0.1, 0.15) is 12.5 Å². The first-order chi connectivity index (χ1) is 9.24. The SMILES string of the molecule is CCNCc1ccccc1N1CCOCC1C(N)=O. The second-order valence-electron chi connectivity index (χ2n) is 4.60. The third-order valence-corrected chi connectivity index (χ3v) is 3.32. The molecule has 1 unspecified atom stereocenters. The first-order valence-electron chi connectivity index (χ1n) is 6.66. The summed E-state index contributed by atoms with van der Waals surface area (Å²) in [6.07, 6.45) is 0. The van der Waals surface area contributed by atoms with Gasteiger partial charge in [-0.1, -0.05) is 25.1 Å². The average molecular weight is 263 g/mol. The Balaban J connectivity index is 2.25. The van der Waals surface area contributed by atoms with E-state index in [9.17, 15) is 4.79 Å². The minimum absolute atomic E-state index is 0.335. The van der Waals surface area contributed by atoms with Crippen molar-refractivity contribution in [3.05, 3.63) is 29.8 Å². The molecule has 1 aliphatic heterocycles. The Labute approximate surface area is 113 Å². The van der Waals surface area contributed by atoms with Gasteiger partial charge in [-0.05, 0) is 18.2 Å². The number of carbonyl (C=O) groups excluding carboxylic acids is 1. The molecular weight excluding hydrogens is 242 g/mol. The molecule has 0 saturated carbocycles. The molecule has 5 nitrogen and oxygen atoms in total. The fourth-order valence-electron chi connectivity index (χ4n) is 2.33. The number of primary amides is 1. The number of para-hydroxylation sites is 1. The van der Waals surface area contributed by atoms with E-state index in [1.807, 2.05) is 18.2 Å². The van der Waals surface area contributed by atoms with Crippen molar-refractivity contribution in [2.24, 2.45) is 5.73 Å². The lowest BCUT2D eigenvalue weighted by Gasteiger charge is -2.36. The molecule has 3 N–H and O–H groups in total. The topological polar surface area (TPSA) is 67.6 Å². The molecule has 1 aromatic carbocycles. The fourth-order valence-corrected chi connectivity index (χ4v) is 2.33. The third-order valence-electron chi connectivity index (χ3n) is 3.32. The van der Waals surface area contributed by atoms with Crippen molar-refractivity contribution in [3.63, 3.8) is 0 Å². The van der Waals surface area contributed by atoms with E-state index in [2.05, 4.69) is 23.2 Å². The maximum absolute atomic E-state index is 11.5. The Bertz CT molecular complexity index is 436. The van der Waals surface area contributed by atoms with Crippen LogP contribution in [0.4, 0.5) is 5.69 Å². The first kappa shape index (κ1) is 13.8. The van der Waals surface area contributed by atoms with Gasteiger partial charge in [-0.15, -0.1) is 0 Å². The number of nitrogens with two attached hydrogens (primary N) is 1. The van der Waals surface area contributed by atoms with Crippen molar-refractivity contribution in [1.29, 1.82) is 0 Å². The highest BCUT2D eigenvalue weighted by atomic mass is 16.5. The molecule has 1 aromatic rings. The van der Waals surface area contributed by atoms with Gasteiger partial charge in [0.25, 0.3) is 0 Å². The number of carbonyl (C=O) groups is 1. The van der Waals surface area contributed by atoms with Crippen LogP contribution in [0, 0.1) is 0 Å². The third kappa shape index (κ3) is 3.24. The minimum atomic E-state index is -0.378. The van der Waals surface area contributed by atoms with Crippen LogP contribution in [0.15, 0.2) is 24.3 Å². The van der Waals surface area contributed by atoms with E-state index < -0.39 is 0 Å². The lowest BCUT2D eigenvalue weighted by Crippen LogP contribution is -2.53. The highest BCUT2D eigenvalue weighted by molar-refractivity contribution is 5.84. The first-order valence-corrected chi connectivity index (χ1v) is 6.66. The van der Waals surface area contributed by atoms with E-state index in [0.717, 1.165) is 18.8 Å². The van der Waals surface area contributed by atoms with E-state index >= 15 is 0 Å². The molecule has 1 heterocycles. The van der Waals surface area contributed by atoms with Crippen LogP contribution in [0.3, 0.4) is 0 Å². The number of anilines is 1. The number of hydrogen-bond donors (Lipinski definition) is 2. The summed E-state index contributed by atoms with van der Waals surface area (Å²) in [5.74, 6) is -0.335. The number of benzene rings is 1. The van der Waals surface area contributed by atoms with Crippen molar-refractivity contribution in [2.75, 3.05) is 31.2 Å². The van der Waals surface area contributed by atoms with Gasteiger partial charge in [0.05, 0.1) is 13.2 Å². The Morgan fingerprint density at radius 2 is 2.32 bits per heavy atom. The van der Waals surface area contributed by atoms with Crippen LogP contribution in [-0.4, -0.2) is 38.3 Å². The average Bonchev–Trinajstić information content (AvgIpc) is 2.45. The molecule has 0 aliphatic carbocycles. The normalized spacial score (nSPS) is 19.4. The van der Waals surface area contributed by atoms with Crippen LogP contribution in [0.25, 0.3) is 0 Å². The zero-order valence-corrected chi connectivity index (χ0v) is 11.3. The van der Waals surface area contributed by atoms with Gasteiger partial charge in [0.15, 0.2) is 0 Å². The van der Waals surface area contributed by atoms with E-state index in [1.54, 1.807) is 0 Å². The van der Waals surface area contributed by atoms with Gasteiger partial charge in [0.2, 0.25) is 5.91 Å². The van der Waals surface area contributed by atoms with Crippen molar-refractivity contribution in [3.8, 4) is 0 Å². The van der Waals surface area contributed by atoms with Crippen molar-refractivity contribution < 1.29 is 9.53 Å². The molecule has 1 aliphatic rings. The fraction of sp³-hybridized carbons (Fsp3) is 0.500. The van der Waals surface area contributed by atoms with Gasteiger partial charge in [-0.2, -0.15) is 0 Å². The van der Waals surface area contributed by atoms with E-state index in [4.69, 9.17) is 10.5 Å². The summed E-state index contributed by atoms with van der Waals surface area (Å²) < 4.78 is 5.36. The van der Waals surface area contributed by atoms with Crippen LogP contribution in [-0.2, 0) is 16.1 Å². The summed E-state index contributed by atoms with van der Waals surface area (Å²) in [6, 6.07) is 7.73. The smallest absolute Gasteiger partial charge is 0.242 e. The van der Waals surface area contributed by atoms with Gasteiger partial charge in [-0.25, -0.2) is 0 Å². The highest BCUT2D eigenvalue weighted by Gasteiger charge is 2.28. The maximum atomic E-state index is 11.5. The Morgan fingerprint density at radius 3 is 3.05 bits per heavy atom. The van der Waals surface area contributed by atoms with Crippen LogP contribution in [0.2, 0.25) is 0 Å². The predicted molar refractivity (Wildman–Crippen MR) is 75.0 cm³/mol. The summed E-state index contributed by atoms with van der Waals surface area (Å²) in [4.78, 5) is 13.6. The largest absolute Gasteiger partial charge is 0.377 e. The minimum Gasteiger partial charge on any atom is -0.377 e.